The van der Waals surface area contributed by atoms with E-state index in [1.807, 2.05) is 12.1 Å². The summed E-state index contributed by atoms with van der Waals surface area (Å²) in [5.74, 6) is 1.78. The van der Waals surface area contributed by atoms with Gasteiger partial charge in [-0.05, 0) is 56.2 Å². The lowest BCUT2D eigenvalue weighted by Crippen LogP contribution is -2.53. The number of anilines is 5. The third-order valence-corrected chi connectivity index (χ3v) is 9.64. The van der Waals surface area contributed by atoms with E-state index < -0.39 is 0 Å². The Kier molecular flexibility index (Phi) is 9.63. The highest BCUT2D eigenvalue weighted by Crippen LogP contribution is 2.35. The predicted molar refractivity (Wildman–Crippen MR) is 170 cm³/mol. The van der Waals surface area contributed by atoms with Gasteiger partial charge >= 0.3 is 0 Å². The number of para-hydroxylation sites is 1. The Hall–Kier alpha value is -2.64. The molecule has 3 heterocycles. The van der Waals surface area contributed by atoms with E-state index in [1.165, 1.54) is 50.0 Å². The van der Waals surface area contributed by atoms with Crippen molar-refractivity contribution in [3.63, 3.8) is 0 Å². The molecule has 214 valence electrons. The second kappa shape index (κ2) is 13.3. The zero-order valence-electron chi connectivity index (χ0n) is 24.0. The van der Waals surface area contributed by atoms with Crippen LogP contribution >= 0.6 is 19.5 Å². The minimum Gasteiger partial charge on any atom is -0.494 e. The summed E-state index contributed by atoms with van der Waals surface area (Å²) in [6.07, 6.45) is 4.02. The molecule has 2 N–H and O–H groups in total. The summed E-state index contributed by atoms with van der Waals surface area (Å²) in [6, 6.07) is 15.3. The van der Waals surface area contributed by atoms with E-state index in [4.69, 9.17) is 16.3 Å². The number of benzene rings is 2. The molecule has 0 amide bonds. The van der Waals surface area contributed by atoms with E-state index in [0.29, 0.717) is 22.8 Å². The molecule has 0 bridgehead atoms. The average molecular weight is 582 g/mol. The molecule has 2 aliphatic rings. The highest BCUT2D eigenvalue weighted by molar-refractivity contribution is 7.64. The van der Waals surface area contributed by atoms with Crippen molar-refractivity contribution >= 4 is 53.7 Å². The smallest absolute Gasteiger partial charge is 0.229 e. The van der Waals surface area contributed by atoms with Crippen molar-refractivity contribution in [2.24, 2.45) is 0 Å². The molecule has 10 heteroatoms. The number of hydrogen-bond donors (Lipinski definition) is 2. The quantitative estimate of drug-likeness (QED) is 0.317. The number of likely N-dealkylation sites (N-methyl/N-ethyl adjacent to an activating group) is 1. The van der Waals surface area contributed by atoms with E-state index in [2.05, 4.69) is 85.9 Å². The molecular weight excluding hydrogens is 541 g/mol. The fraction of sp³-hybridized carbons (Fsp3) is 0.467. The van der Waals surface area contributed by atoms with Crippen molar-refractivity contribution in [3.8, 4) is 5.75 Å². The van der Waals surface area contributed by atoms with Gasteiger partial charge < -0.3 is 25.2 Å². The minimum absolute atomic E-state index is 0.283. The first-order valence-electron chi connectivity index (χ1n) is 14.2. The molecule has 0 aliphatic carbocycles. The SMILES string of the molecule is CCN1CCN(C2CCN(c3ccc(Nc4ncc(Cl)c(Nc5ccccc5P(C)C)n4)c(OC)c3)CC2)CC1. The maximum absolute atomic E-state index is 6.47. The molecule has 2 saturated heterocycles. The summed E-state index contributed by atoms with van der Waals surface area (Å²) in [7, 11) is 1.42. The van der Waals surface area contributed by atoms with Gasteiger partial charge in [-0.25, -0.2) is 4.98 Å². The van der Waals surface area contributed by atoms with Crippen LogP contribution in [0.4, 0.5) is 28.8 Å². The molecule has 2 aromatic carbocycles. The molecule has 2 aliphatic heterocycles. The molecule has 5 rings (SSSR count). The third-order valence-electron chi connectivity index (χ3n) is 8.01. The van der Waals surface area contributed by atoms with Gasteiger partial charge in [-0.2, -0.15) is 4.98 Å². The number of piperidine rings is 1. The van der Waals surface area contributed by atoms with Crippen LogP contribution in [0.15, 0.2) is 48.7 Å². The summed E-state index contributed by atoms with van der Waals surface area (Å²) < 4.78 is 5.78. The first-order chi connectivity index (χ1) is 19.4. The number of nitrogens with one attached hydrogen (secondary N) is 2. The standard InChI is InChI=1S/C30H41ClN7OP/c1-5-36-16-18-38(19-17-36)22-12-14-37(15-13-22)23-10-11-25(27(20-23)39-2)34-30-32-21-24(31)29(35-30)33-26-8-6-7-9-28(26)40(3)4/h6-11,20-22H,5,12-19H2,1-4H3,(H2,32,33,34,35). The van der Waals surface area contributed by atoms with Crippen LogP contribution in [0.2, 0.25) is 5.02 Å². The molecule has 40 heavy (non-hydrogen) atoms. The Morgan fingerprint density at radius 2 is 1.73 bits per heavy atom. The largest absolute Gasteiger partial charge is 0.494 e. The van der Waals surface area contributed by atoms with Crippen molar-refractivity contribution in [1.29, 1.82) is 0 Å². The molecule has 1 aromatic heterocycles. The zero-order valence-corrected chi connectivity index (χ0v) is 25.7. The molecule has 0 saturated carbocycles. The van der Waals surface area contributed by atoms with Gasteiger partial charge in [0.1, 0.15) is 10.8 Å². The van der Waals surface area contributed by atoms with E-state index in [-0.39, 0.29) is 7.92 Å². The van der Waals surface area contributed by atoms with Crippen LogP contribution in [0.5, 0.6) is 5.75 Å². The molecule has 2 fully saturated rings. The number of rotatable bonds is 9. The van der Waals surface area contributed by atoms with Crippen LogP contribution in [-0.4, -0.2) is 92.1 Å². The van der Waals surface area contributed by atoms with Crippen molar-refractivity contribution in [2.75, 3.05) is 81.8 Å². The third kappa shape index (κ3) is 6.80. The van der Waals surface area contributed by atoms with Crippen LogP contribution in [0.25, 0.3) is 0 Å². The van der Waals surface area contributed by atoms with Crippen molar-refractivity contribution in [3.05, 3.63) is 53.7 Å². The van der Waals surface area contributed by atoms with E-state index >= 15 is 0 Å². The molecule has 3 aromatic rings. The Labute approximate surface area is 244 Å². The van der Waals surface area contributed by atoms with Crippen LogP contribution in [-0.2, 0) is 0 Å². The number of piperazine rings is 1. The number of aromatic nitrogens is 2. The Morgan fingerprint density at radius 1 is 0.975 bits per heavy atom. The van der Waals surface area contributed by atoms with Crippen LogP contribution in [0, 0.1) is 0 Å². The summed E-state index contributed by atoms with van der Waals surface area (Å²) in [5, 5.41) is 8.48. The van der Waals surface area contributed by atoms with Gasteiger partial charge in [-0.15, -0.1) is 0 Å². The van der Waals surface area contributed by atoms with Crippen LogP contribution < -0.4 is 25.6 Å². The van der Waals surface area contributed by atoms with Crippen LogP contribution in [0.3, 0.4) is 0 Å². The normalized spacial score (nSPS) is 17.3. The summed E-state index contributed by atoms with van der Waals surface area (Å²) in [4.78, 5) is 16.8. The topological polar surface area (TPSA) is 68.8 Å². The second-order valence-corrected chi connectivity index (χ2v) is 13.3. The number of halogens is 1. The van der Waals surface area contributed by atoms with Crippen molar-refractivity contribution in [1.82, 2.24) is 19.8 Å². The Bertz CT molecular complexity index is 1280. The van der Waals surface area contributed by atoms with E-state index in [0.717, 1.165) is 36.8 Å². The highest BCUT2D eigenvalue weighted by atomic mass is 35.5. The van der Waals surface area contributed by atoms with Gasteiger partial charge in [0.2, 0.25) is 5.95 Å². The highest BCUT2D eigenvalue weighted by Gasteiger charge is 2.27. The van der Waals surface area contributed by atoms with Crippen LogP contribution in [0.1, 0.15) is 19.8 Å². The van der Waals surface area contributed by atoms with Gasteiger partial charge in [0.05, 0.1) is 19.0 Å². The van der Waals surface area contributed by atoms with E-state index in [1.54, 1.807) is 13.3 Å². The number of methoxy groups -OCH3 is 1. The molecule has 0 atom stereocenters. The van der Waals surface area contributed by atoms with Gasteiger partial charge in [-0.3, -0.25) is 4.90 Å². The summed E-state index contributed by atoms with van der Waals surface area (Å²) in [6.45, 7) is 14.8. The van der Waals surface area contributed by atoms with E-state index in [9.17, 15) is 0 Å². The first-order valence-corrected chi connectivity index (χ1v) is 16.8. The lowest BCUT2D eigenvalue weighted by molar-refractivity contribution is 0.0878. The molecule has 0 radical (unpaired) electrons. The maximum Gasteiger partial charge on any atom is 0.229 e. The average Bonchev–Trinajstić information content (AvgIpc) is 2.99. The molecular formula is C30H41ClN7OP. The van der Waals surface area contributed by atoms with Crippen molar-refractivity contribution in [2.45, 2.75) is 25.8 Å². The second-order valence-electron chi connectivity index (χ2n) is 10.6. The number of hydrogen-bond acceptors (Lipinski definition) is 8. The molecule has 8 nitrogen and oxygen atoms in total. The zero-order chi connectivity index (χ0) is 28.1. The fourth-order valence-corrected chi connectivity index (χ4v) is 6.78. The molecule has 0 spiro atoms. The Balaban J connectivity index is 1.24. The van der Waals surface area contributed by atoms with Crippen molar-refractivity contribution < 1.29 is 4.74 Å². The first kappa shape index (κ1) is 28.9. The van der Waals surface area contributed by atoms with Gasteiger partial charge in [-0.1, -0.05) is 44.6 Å². The summed E-state index contributed by atoms with van der Waals surface area (Å²) in [5.41, 5.74) is 3.01. The number of nitrogens with zero attached hydrogens (tertiary/aromatic N) is 5. The minimum atomic E-state index is -0.283. The van der Waals surface area contributed by atoms with Gasteiger partial charge in [0.15, 0.2) is 5.82 Å². The molecule has 0 unspecified atom stereocenters. The van der Waals surface area contributed by atoms with Gasteiger partial charge in [0.25, 0.3) is 0 Å². The van der Waals surface area contributed by atoms with Gasteiger partial charge in [0, 0.05) is 62.8 Å². The number of ether oxygens (including phenoxy) is 1. The lowest BCUT2D eigenvalue weighted by Gasteiger charge is -2.43. The summed E-state index contributed by atoms with van der Waals surface area (Å²) >= 11 is 6.47. The fourth-order valence-electron chi connectivity index (χ4n) is 5.65. The maximum atomic E-state index is 6.47. The monoisotopic (exact) mass is 581 g/mol. The Morgan fingerprint density at radius 3 is 2.42 bits per heavy atom. The lowest BCUT2D eigenvalue weighted by atomic mass is 10.0. The predicted octanol–water partition coefficient (Wildman–Crippen LogP) is 5.60.